The van der Waals surface area contributed by atoms with Crippen molar-refractivity contribution in [3.05, 3.63) is 0 Å². The number of carbonyl (C=O) groups is 1. The van der Waals surface area contributed by atoms with Crippen molar-refractivity contribution in [2.24, 2.45) is 0 Å². The highest BCUT2D eigenvalue weighted by Crippen LogP contribution is 2.18. The van der Waals surface area contributed by atoms with E-state index < -0.39 is 0 Å². The highest BCUT2D eigenvalue weighted by atomic mass is 16.5. The van der Waals surface area contributed by atoms with Gasteiger partial charge in [-0.3, -0.25) is 9.69 Å². The van der Waals surface area contributed by atoms with Gasteiger partial charge in [-0.2, -0.15) is 0 Å². The highest BCUT2D eigenvalue weighted by molar-refractivity contribution is 5.78. The summed E-state index contributed by atoms with van der Waals surface area (Å²) in [5.74, 6) is 0.234. The summed E-state index contributed by atoms with van der Waals surface area (Å²) < 4.78 is 11.2. The Morgan fingerprint density at radius 3 is 2.29 bits per heavy atom. The number of amides is 1. The van der Waals surface area contributed by atoms with Crippen molar-refractivity contribution in [1.82, 2.24) is 9.80 Å². The predicted molar refractivity (Wildman–Crippen MR) is 82.3 cm³/mol. The van der Waals surface area contributed by atoms with E-state index in [1.807, 2.05) is 18.7 Å². The van der Waals surface area contributed by atoms with Gasteiger partial charge in [0.25, 0.3) is 0 Å². The Hall–Kier alpha value is -0.650. The molecule has 1 amide bonds. The molecule has 0 bridgehead atoms. The molecule has 0 radical (unpaired) electrons. The minimum atomic E-state index is 0.133. The molecule has 2 heterocycles. The van der Waals surface area contributed by atoms with E-state index in [1.54, 1.807) is 0 Å². The van der Waals surface area contributed by atoms with Crippen molar-refractivity contribution in [3.8, 4) is 0 Å². The van der Waals surface area contributed by atoms with Crippen LogP contribution in [0.15, 0.2) is 0 Å². The second-order valence-corrected chi connectivity index (χ2v) is 6.67. The lowest BCUT2D eigenvalue weighted by Crippen LogP contribution is -2.54. The minimum absolute atomic E-state index is 0.133. The van der Waals surface area contributed by atoms with Crippen molar-refractivity contribution < 1.29 is 14.3 Å². The molecule has 2 saturated heterocycles. The Balaban J connectivity index is 1.94. The molecular formula is C16H30N2O3. The molecule has 2 rings (SSSR count). The predicted octanol–water partition coefficient (Wildman–Crippen LogP) is 1.51. The van der Waals surface area contributed by atoms with Crippen LogP contribution in [0.4, 0.5) is 0 Å². The molecule has 2 fully saturated rings. The van der Waals surface area contributed by atoms with Gasteiger partial charge in [0.15, 0.2) is 0 Å². The average molecular weight is 298 g/mol. The number of morpholine rings is 1. The average Bonchev–Trinajstić information content (AvgIpc) is 2.44. The number of nitrogens with zero attached hydrogens (tertiary/aromatic N) is 2. The van der Waals surface area contributed by atoms with E-state index in [-0.39, 0.29) is 18.1 Å². The first kappa shape index (κ1) is 16.7. The SMILES string of the molecule is CC1CN(C(=O)CN(C(C)C)C2CCOCC2)CC(C)O1. The quantitative estimate of drug-likeness (QED) is 0.789. The lowest BCUT2D eigenvalue weighted by atomic mass is 10.1. The van der Waals surface area contributed by atoms with E-state index in [2.05, 4.69) is 18.7 Å². The topological polar surface area (TPSA) is 42.0 Å². The Labute approximate surface area is 128 Å². The van der Waals surface area contributed by atoms with E-state index in [4.69, 9.17) is 9.47 Å². The second kappa shape index (κ2) is 7.56. The van der Waals surface area contributed by atoms with Crippen molar-refractivity contribution >= 4 is 5.91 Å². The number of hydrogen-bond donors (Lipinski definition) is 0. The van der Waals surface area contributed by atoms with Gasteiger partial charge in [-0.1, -0.05) is 0 Å². The zero-order valence-electron chi connectivity index (χ0n) is 13.9. The molecule has 0 aromatic rings. The van der Waals surface area contributed by atoms with Crippen molar-refractivity contribution in [2.75, 3.05) is 32.8 Å². The van der Waals surface area contributed by atoms with Gasteiger partial charge >= 0.3 is 0 Å². The third-order valence-electron chi connectivity index (χ3n) is 4.41. The smallest absolute Gasteiger partial charge is 0.236 e. The largest absolute Gasteiger partial charge is 0.381 e. The summed E-state index contributed by atoms with van der Waals surface area (Å²) >= 11 is 0. The van der Waals surface area contributed by atoms with Crippen LogP contribution in [0.2, 0.25) is 0 Å². The molecule has 2 unspecified atom stereocenters. The van der Waals surface area contributed by atoms with Gasteiger partial charge in [-0.15, -0.1) is 0 Å². The van der Waals surface area contributed by atoms with Crippen molar-refractivity contribution in [1.29, 1.82) is 0 Å². The normalized spacial score (nSPS) is 28.4. The monoisotopic (exact) mass is 298 g/mol. The van der Waals surface area contributed by atoms with Crippen LogP contribution in [0.5, 0.6) is 0 Å². The lowest BCUT2D eigenvalue weighted by molar-refractivity contribution is -0.146. The van der Waals surface area contributed by atoms with Gasteiger partial charge in [0.1, 0.15) is 0 Å². The second-order valence-electron chi connectivity index (χ2n) is 6.67. The molecule has 2 aliphatic rings. The number of ether oxygens (including phenoxy) is 2. The van der Waals surface area contributed by atoms with Crippen molar-refractivity contribution in [3.63, 3.8) is 0 Å². The van der Waals surface area contributed by atoms with E-state index in [9.17, 15) is 4.79 Å². The van der Waals surface area contributed by atoms with E-state index in [1.165, 1.54) is 0 Å². The first-order chi connectivity index (χ1) is 9.97. The maximum absolute atomic E-state index is 12.6. The van der Waals surface area contributed by atoms with Gasteiger partial charge in [-0.05, 0) is 40.5 Å². The first-order valence-corrected chi connectivity index (χ1v) is 8.24. The molecular weight excluding hydrogens is 268 g/mol. The summed E-state index contributed by atoms with van der Waals surface area (Å²) in [4.78, 5) is 17.0. The molecule has 21 heavy (non-hydrogen) atoms. The maximum atomic E-state index is 12.6. The van der Waals surface area contributed by atoms with E-state index in [0.717, 1.165) is 26.1 Å². The summed E-state index contributed by atoms with van der Waals surface area (Å²) in [6.45, 7) is 12.0. The van der Waals surface area contributed by atoms with Gasteiger partial charge in [0.05, 0.1) is 18.8 Å². The van der Waals surface area contributed by atoms with Gasteiger partial charge in [0.2, 0.25) is 5.91 Å². The molecule has 0 aromatic heterocycles. The highest BCUT2D eigenvalue weighted by Gasteiger charge is 2.30. The van der Waals surface area contributed by atoms with Crippen LogP contribution in [0.3, 0.4) is 0 Å². The summed E-state index contributed by atoms with van der Waals surface area (Å²) in [6.07, 6.45) is 2.32. The van der Waals surface area contributed by atoms with Gasteiger partial charge in [-0.25, -0.2) is 0 Å². The van der Waals surface area contributed by atoms with Crippen LogP contribution >= 0.6 is 0 Å². The summed E-state index contributed by atoms with van der Waals surface area (Å²) in [5, 5.41) is 0. The standard InChI is InChI=1S/C16H30N2O3/c1-12(2)18(15-5-7-20-8-6-15)11-16(19)17-9-13(3)21-14(4)10-17/h12-15H,5-11H2,1-4H3. The molecule has 0 spiro atoms. The fraction of sp³-hybridized carbons (Fsp3) is 0.938. The van der Waals surface area contributed by atoms with Crippen LogP contribution < -0.4 is 0 Å². The van der Waals surface area contributed by atoms with Crippen molar-refractivity contribution in [2.45, 2.75) is 64.8 Å². The summed E-state index contributed by atoms with van der Waals surface area (Å²) in [7, 11) is 0. The molecule has 5 heteroatoms. The number of hydrogen-bond acceptors (Lipinski definition) is 4. The maximum Gasteiger partial charge on any atom is 0.236 e. The van der Waals surface area contributed by atoms with E-state index in [0.29, 0.717) is 31.7 Å². The van der Waals surface area contributed by atoms with Crippen LogP contribution in [-0.2, 0) is 14.3 Å². The van der Waals surface area contributed by atoms with Crippen LogP contribution in [0.1, 0.15) is 40.5 Å². The van der Waals surface area contributed by atoms with Crippen LogP contribution in [0.25, 0.3) is 0 Å². The zero-order valence-corrected chi connectivity index (χ0v) is 13.9. The molecule has 0 aromatic carbocycles. The molecule has 0 N–H and O–H groups in total. The van der Waals surface area contributed by atoms with Gasteiger partial charge in [0, 0.05) is 38.4 Å². The molecule has 0 aliphatic carbocycles. The van der Waals surface area contributed by atoms with Crippen LogP contribution in [-0.4, -0.2) is 72.8 Å². The Morgan fingerprint density at radius 2 is 1.76 bits per heavy atom. The molecule has 2 atom stereocenters. The Bertz CT molecular complexity index is 332. The molecule has 2 aliphatic heterocycles. The fourth-order valence-electron chi connectivity index (χ4n) is 3.39. The first-order valence-electron chi connectivity index (χ1n) is 8.24. The zero-order chi connectivity index (χ0) is 15.4. The number of rotatable bonds is 4. The lowest BCUT2D eigenvalue weighted by Gasteiger charge is -2.40. The molecule has 0 saturated carbocycles. The number of carbonyl (C=O) groups excluding carboxylic acids is 1. The third-order valence-corrected chi connectivity index (χ3v) is 4.41. The molecule has 122 valence electrons. The Kier molecular flexibility index (Phi) is 6.02. The van der Waals surface area contributed by atoms with E-state index >= 15 is 0 Å². The fourth-order valence-corrected chi connectivity index (χ4v) is 3.39. The third kappa shape index (κ3) is 4.66. The molecule has 5 nitrogen and oxygen atoms in total. The summed E-state index contributed by atoms with van der Waals surface area (Å²) in [6, 6.07) is 0.853. The van der Waals surface area contributed by atoms with Crippen LogP contribution in [0, 0.1) is 0 Å². The van der Waals surface area contributed by atoms with Gasteiger partial charge < -0.3 is 14.4 Å². The Morgan fingerprint density at radius 1 is 1.19 bits per heavy atom. The minimum Gasteiger partial charge on any atom is -0.381 e. The summed E-state index contributed by atoms with van der Waals surface area (Å²) in [5.41, 5.74) is 0.